The molecule has 0 saturated carbocycles. The molecule has 4 N–H and O–H groups in total. The van der Waals surface area contributed by atoms with Crippen LogP contribution >= 0.6 is 0 Å². The molecule has 6 heteroatoms. The Labute approximate surface area is 127 Å². The average molecular weight is 310 g/mol. The highest BCUT2D eigenvalue weighted by Gasteiger charge is 2.15. The second-order valence-corrected chi connectivity index (χ2v) is 11.8. The molecule has 118 valence electrons. The first-order chi connectivity index (χ1) is 9.76. The molecule has 0 unspecified atom stereocenters. The lowest BCUT2D eigenvalue weighted by molar-refractivity contribution is 0.0200. The van der Waals surface area contributed by atoms with Gasteiger partial charge in [-0.2, -0.15) is 0 Å². The predicted octanol–water partition coefficient (Wildman–Crippen LogP) is 2.93. The molecule has 1 aromatic carbocycles. The summed E-state index contributed by atoms with van der Waals surface area (Å²) in [6.07, 6.45) is 0.619. The molecule has 0 atom stereocenters. The lowest BCUT2D eigenvalue weighted by Gasteiger charge is -2.17. The third kappa shape index (κ3) is 5.39. The van der Waals surface area contributed by atoms with Crippen molar-refractivity contribution < 1.29 is 14.6 Å². The maximum atomic E-state index is 9.93. The SMILES string of the molecule is CCc1c(C(=N)N)ccc(O)c1OCOCC[Si](C)(C)C. The molecule has 0 aliphatic carbocycles. The summed E-state index contributed by atoms with van der Waals surface area (Å²) in [4.78, 5) is 0. The number of hydrogen-bond acceptors (Lipinski definition) is 4. The molecular weight excluding hydrogens is 284 g/mol. The first-order valence-electron chi connectivity index (χ1n) is 7.16. The van der Waals surface area contributed by atoms with E-state index in [1.165, 1.54) is 6.07 Å². The Morgan fingerprint density at radius 2 is 2.00 bits per heavy atom. The van der Waals surface area contributed by atoms with E-state index in [-0.39, 0.29) is 18.4 Å². The van der Waals surface area contributed by atoms with Gasteiger partial charge in [-0.1, -0.05) is 26.6 Å². The molecule has 0 amide bonds. The zero-order valence-corrected chi connectivity index (χ0v) is 14.3. The smallest absolute Gasteiger partial charge is 0.189 e. The molecule has 0 spiro atoms. The van der Waals surface area contributed by atoms with E-state index in [0.29, 0.717) is 24.3 Å². The van der Waals surface area contributed by atoms with Gasteiger partial charge in [0.15, 0.2) is 18.3 Å². The Hall–Kier alpha value is -1.53. The van der Waals surface area contributed by atoms with E-state index in [2.05, 4.69) is 19.6 Å². The molecule has 0 radical (unpaired) electrons. The average Bonchev–Trinajstić information content (AvgIpc) is 2.37. The molecular formula is C15H26N2O3Si. The van der Waals surface area contributed by atoms with Gasteiger partial charge in [0.25, 0.3) is 0 Å². The minimum atomic E-state index is -1.11. The van der Waals surface area contributed by atoms with Gasteiger partial charge in [-0.3, -0.25) is 5.41 Å². The van der Waals surface area contributed by atoms with Crippen molar-refractivity contribution >= 4 is 13.9 Å². The standard InChI is InChI=1S/C15H26N2O3Si/c1-5-11-12(15(16)17)6-7-13(18)14(11)20-10-19-8-9-21(2,3)4/h6-7,18H,5,8-10H2,1-4H3,(H3,16,17). The molecule has 0 aromatic heterocycles. The van der Waals surface area contributed by atoms with Crippen LogP contribution in [0.25, 0.3) is 0 Å². The number of nitrogens with two attached hydrogens (primary N) is 1. The number of aromatic hydroxyl groups is 1. The van der Waals surface area contributed by atoms with Crippen LogP contribution in [-0.2, 0) is 11.2 Å². The minimum absolute atomic E-state index is 0.0312. The van der Waals surface area contributed by atoms with Crippen LogP contribution in [0.1, 0.15) is 18.1 Å². The van der Waals surface area contributed by atoms with E-state index in [0.717, 1.165) is 11.6 Å². The Balaban J connectivity index is 2.70. The van der Waals surface area contributed by atoms with Crippen LogP contribution in [0.2, 0.25) is 25.7 Å². The number of benzene rings is 1. The van der Waals surface area contributed by atoms with E-state index in [4.69, 9.17) is 20.6 Å². The number of rotatable bonds is 8. The molecule has 0 aliphatic rings. The van der Waals surface area contributed by atoms with Gasteiger partial charge in [0.2, 0.25) is 0 Å². The largest absolute Gasteiger partial charge is 0.504 e. The molecule has 0 aliphatic heterocycles. The third-order valence-corrected chi connectivity index (χ3v) is 4.87. The first kappa shape index (κ1) is 17.5. The summed E-state index contributed by atoms with van der Waals surface area (Å²) in [6, 6.07) is 4.19. The highest BCUT2D eigenvalue weighted by Crippen LogP contribution is 2.33. The molecule has 21 heavy (non-hydrogen) atoms. The van der Waals surface area contributed by atoms with E-state index in [1.807, 2.05) is 6.92 Å². The normalized spacial score (nSPS) is 11.4. The van der Waals surface area contributed by atoms with Gasteiger partial charge >= 0.3 is 0 Å². The quantitative estimate of drug-likeness (QED) is 0.226. The molecule has 0 saturated heterocycles. The summed E-state index contributed by atoms with van der Waals surface area (Å²) >= 11 is 0. The van der Waals surface area contributed by atoms with Gasteiger partial charge in [0.1, 0.15) is 5.84 Å². The lowest BCUT2D eigenvalue weighted by Crippen LogP contribution is -2.22. The van der Waals surface area contributed by atoms with Gasteiger partial charge in [-0.05, 0) is 24.6 Å². The van der Waals surface area contributed by atoms with Crippen molar-refractivity contribution in [2.75, 3.05) is 13.4 Å². The highest BCUT2D eigenvalue weighted by molar-refractivity contribution is 6.76. The van der Waals surface area contributed by atoms with Crippen molar-refractivity contribution in [2.24, 2.45) is 5.73 Å². The number of nitrogen functional groups attached to an aromatic ring is 1. The van der Waals surface area contributed by atoms with Gasteiger partial charge in [0.05, 0.1) is 0 Å². The van der Waals surface area contributed by atoms with Crippen LogP contribution in [0, 0.1) is 5.41 Å². The zero-order chi connectivity index (χ0) is 16.0. The van der Waals surface area contributed by atoms with E-state index >= 15 is 0 Å². The van der Waals surface area contributed by atoms with Crippen LogP contribution in [0.15, 0.2) is 12.1 Å². The summed E-state index contributed by atoms with van der Waals surface area (Å²) in [5.74, 6) is 0.375. The van der Waals surface area contributed by atoms with E-state index < -0.39 is 8.07 Å². The molecule has 1 rings (SSSR count). The number of nitrogens with one attached hydrogen (secondary N) is 1. The topological polar surface area (TPSA) is 88.6 Å². The van der Waals surface area contributed by atoms with Crippen LogP contribution in [0.3, 0.4) is 0 Å². The fourth-order valence-electron chi connectivity index (χ4n) is 1.92. The Kier molecular flexibility index (Phi) is 6.23. The summed E-state index contributed by atoms with van der Waals surface area (Å²) < 4.78 is 11.0. The van der Waals surface area contributed by atoms with Gasteiger partial charge in [-0.15, -0.1) is 0 Å². The summed E-state index contributed by atoms with van der Waals surface area (Å²) in [5.41, 5.74) is 6.88. The van der Waals surface area contributed by atoms with Crippen molar-refractivity contribution in [2.45, 2.75) is 39.0 Å². The number of phenolic OH excluding ortho intramolecular Hbond substituents is 1. The van der Waals surface area contributed by atoms with Crippen molar-refractivity contribution in [3.8, 4) is 11.5 Å². The second-order valence-electron chi connectivity index (χ2n) is 6.19. The maximum Gasteiger partial charge on any atom is 0.189 e. The maximum absolute atomic E-state index is 9.93. The van der Waals surface area contributed by atoms with Gasteiger partial charge in [-0.25, -0.2) is 0 Å². The van der Waals surface area contributed by atoms with Crippen LogP contribution in [0.5, 0.6) is 11.5 Å². The molecule has 0 heterocycles. The Bertz CT molecular complexity index is 498. The molecule has 0 bridgehead atoms. The second kappa shape index (κ2) is 7.47. The van der Waals surface area contributed by atoms with Gasteiger partial charge in [0, 0.05) is 25.8 Å². The Morgan fingerprint density at radius 3 is 2.52 bits per heavy atom. The van der Waals surface area contributed by atoms with E-state index in [1.54, 1.807) is 6.07 Å². The van der Waals surface area contributed by atoms with Crippen molar-refractivity contribution in [1.29, 1.82) is 5.41 Å². The van der Waals surface area contributed by atoms with Crippen LogP contribution in [-0.4, -0.2) is 32.4 Å². The van der Waals surface area contributed by atoms with Crippen molar-refractivity contribution in [3.05, 3.63) is 23.3 Å². The molecule has 1 aromatic rings. The fourth-order valence-corrected chi connectivity index (χ4v) is 2.67. The number of amidine groups is 1. The zero-order valence-electron chi connectivity index (χ0n) is 13.3. The summed E-state index contributed by atoms with van der Waals surface area (Å²) in [7, 11) is -1.11. The number of phenols is 1. The number of hydrogen-bond donors (Lipinski definition) is 3. The number of ether oxygens (including phenoxy) is 2. The fraction of sp³-hybridized carbons (Fsp3) is 0.533. The minimum Gasteiger partial charge on any atom is -0.504 e. The van der Waals surface area contributed by atoms with Crippen molar-refractivity contribution in [3.63, 3.8) is 0 Å². The van der Waals surface area contributed by atoms with Crippen LogP contribution in [0.4, 0.5) is 0 Å². The van der Waals surface area contributed by atoms with E-state index in [9.17, 15) is 5.11 Å². The molecule has 0 fully saturated rings. The summed E-state index contributed by atoms with van der Waals surface area (Å²) in [5, 5.41) is 17.5. The van der Waals surface area contributed by atoms with Gasteiger partial charge < -0.3 is 20.3 Å². The summed E-state index contributed by atoms with van der Waals surface area (Å²) in [6.45, 7) is 9.54. The highest BCUT2D eigenvalue weighted by atomic mass is 28.3. The predicted molar refractivity (Wildman–Crippen MR) is 88.1 cm³/mol. The Morgan fingerprint density at radius 1 is 1.33 bits per heavy atom. The van der Waals surface area contributed by atoms with Crippen LogP contribution < -0.4 is 10.5 Å². The van der Waals surface area contributed by atoms with Crippen molar-refractivity contribution in [1.82, 2.24) is 0 Å². The monoisotopic (exact) mass is 310 g/mol. The first-order valence-corrected chi connectivity index (χ1v) is 10.9. The lowest BCUT2D eigenvalue weighted by atomic mass is 10.0. The third-order valence-electron chi connectivity index (χ3n) is 3.17. The molecule has 5 nitrogen and oxygen atoms in total.